The fourth-order valence-corrected chi connectivity index (χ4v) is 1.81. The molecule has 0 aromatic heterocycles. The summed E-state index contributed by atoms with van der Waals surface area (Å²) in [5.41, 5.74) is 0.414. The maximum Gasteiger partial charge on any atom is 0.573 e. The van der Waals surface area contributed by atoms with Gasteiger partial charge in [-0.25, -0.2) is 0 Å². The minimum absolute atomic E-state index is 0.235. The van der Waals surface area contributed by atoms with Crippen LogP contribution in [0.1, 0.15) is 0 Å². The van der Waals surface area contributed by atoms with Gasteiger partial charge in [0.1, 0.15) is 5.75 Å². The maximum atomic E-state index is 12.0. The van der Waals surface area contributed by atoms with Crippen LogP contribution in [-0.2, 0) is 4.79 Å². The van der Waals surface area contributed by atoms with Gasteiger partial charge in [-0.3, -0.25) is 4.79 Å². The van der Waals surface area contributed by atoms with Gasteiger partial charge < -0.3 is 20.7 Å². The quantitative estimate of drug-likeness (QED) is 0.779. The highest BCUT2D eigenvalue weighted by molar-refractivity contribution is 5.95. The van der Waals surface area contributed by atoms with Gasteiger partial charge in [-0.2, -0.15) is 0 Å². The van der Waals surface area contributed by atoms with Crippen LogP contribution in [0.2, 0.25) is 0 Å². The number of nitrogens with one attached hydrogen (secondary N) is 3. The molecule has 1 amide bonds. The first-order valence-corrected chi connectivity index (χ1v) is 6.05. The van der Waals surface area contributed by atoms with Gasteiger partial charge in [0.05, 0.1) is 6.04 Å². The van der Waals surface area contributed by atoms with E-state index in [9.17, 15) is 18.0 Å². The first kappa shape index (κ1) is 14.6. The van der Waals surface area contributed by atoms with Gasteiger partial charge in [0.2, 0.25) is 5.91 Å². The zero-order chi connectivity index (χ0) is 14.6. The largest absolute Gasteiger partial charge is 0.573 e. The van der Waals surface area contributed by atoms with Crippen molar-refractivity contribution in [2.75, 3.05) is 25.0 Å². The van der Waals surface area contributed by atoms with Gasteiger partial charge in [-0.05, 0) is 24.3 Å². The second-order valence-corrected chi connectivity index (χ2v) is 4.27. The number of benzene rings is 1. The third kappa shape index (κ3) is 4.39. The summed E-state index contributed by atoms with van der Waals surface area (Å²) in [6.45, 7) is 2.00. The zero-order valence-electron chi connectivity index (χ0n) is 10.5. The van der Waals surface area contributed by atoms with Gasteiger partial charge in [0.25, 0.3) is 0 Å². The molecule has 0 aliphatic carbocycles. The Morgan fingerprint density at radius 1 is 1.25 bits per heavy atom. The van der Waals surface area contributed by atoms with Crippen molar-refractivity contribution in [3.8, 4) is 5.75 Å². The van der Waals surface area contributed by atoms with Crippen LogP contribution in [0, 0.1) is 0 Å². The van der Waals surface area contributed by atoms with E-state index in [1.807, 2.05) is 0 Å². The smallest absolute Gasteiger partial charge is 0.406 e. The summed E-state index contributed by atoms with van der Waals surface area (Å²) in [6, 6.07) is 4.66. The minimum Gasteiger partial charge on any atom is -0.406 e. The summed E-state index contributed by atoms with van der Waals surface area (Å²) in [4.78, 5) is 11.9. The van der Waals surface area contributed by atoms with Gasteiger partial charge in [0, 0.05) is 25.3 Å². The molecular formula is C12H14F3N3O2. The van der Waals surface area contributed by atoms with Crippen molar-refractivity contribution in [1.29, 1.82) is 0 Å². The lowest BCUT2D eigenvalue weighted by Gasteiger charge is -2.23. The molecule has 1 aromatic rings. The van der Waals surface area contributed by atoms with Gasteiger partial charge in [-0.1, -0.05) is 0 Å². The molecule has 2 rings (SSSR count). The fourth-order valence-electron chi connectivity index (χ4n) is 1.81. The highest BCUT2D eigenvalue weighted by Gasteiger charge is 2.31. The number of halogens is 3. The van der Waals surface area contributed by atoms with Crippen molar-refractivity contribution >= 4 is 11.6 Å². The molecule has 0 saturated carbocycles. The number of rotatable bonds is 3. The Kier molecular flexibility index (Phi) is 4.46. The molecule has 1 aliphatic rings. The lowest BCUT2D eigenvalue weighted by atomic mass is 10.2. The molecule has 5 nitrogen and oxygen atoms in total. The molecule has 8 heteroatoms. The summed E-state index contributed by atoms with van der Waals surface area (Å²) < 4.78 is 39.7. The van der Waals surface area contributed by atoms with Gasteiger partial charge >= 0.3 is 6.36 Å². The Bertz CT molecular complexity index is 456. The number of carbonyl (C=O) groups excluding carboxylic acids is 1. The van der Waals surface area contributed by atoms with Crippen molar-refractivity contribution in [3.05, 3.63) is 24.3 Å². The molecule has 0 spiro atoms. The lowest BCUT2D eigenvalue weighted by molar-refractivity contribution is -0.274. The molecule has 3 N–H and O–H groups in total. The third-order valence-corrected chi connectivity index (χ3v) is 2.71. The van der Waals surface area contributed by atoms with E-state index >= 15 is 0 Å². The molecule has 1 saturated heterocycles. The molecule has 1 heterocycles. The summed E-state index contributed by atoms with van der Waals surface area (Å²) in [5, 5.41) is 8.73. The second kappa shape index (κ2) is 6.10. The standard InChI is InChI=1S/C12H14F3N3O2/c13-12(14,15)20-9-3-1-8(2-4-9)18-11(19)10-7-16-5-6-17-10/h1-4,10,16-17H,5-7H2,(H,18,19). The summed E-state index contributed by atoms with van der Waals surface area (Å²) >= 11 is 0. The second-order valence-electron chi connectivity index (χ2n) is 4.27. The monoisotopic (exact) mass is 289 g/mol. The molecule has 1 unspecified atom stereocenters. The number of amides is 1. The predicted octanol–water partition coefficient (Wildman–Crippen LogP) is 1.09. The van der Waals surface area contributed by atoms with Crippen molar-refractivity contribution in [3.63, 3.8) is 0 Å². The number of hydrogen-bond acceptors (Lipinski definition) is 4. The average molecular weight is 289 g/mol. The number of ether oxygens (including phenoxy) is 1. The lowest BCUT2D eigenvalue weighted by Crippen LogP contribution is -2.54. The highest BCUT2D eigenvalue weighted by atomic mass is 19.4. The normalized spacial score (nSPS) is 19.4. The van der Waals surface area contributed by atoms with Gasteiger partial charge in [0.15, 0.2) is 0 Å². The van der Waals surface area contributed by atoms with Crippen molar-refractivity contribution in [1.82, 2.24) is 10.6 Å². The Labute approximate surface area is 113 Å². The van der Waals surface area contributed by atoms with Crippen LogP contribution in [-0.4, -0.2) is 37.9 Å². The first-order valence-electron chi connectivity index (χ1n) is 6.05. The van der Waals surface area contributed by atoms with E-state index in [1.165, 1.54) is 12.1 Å². The van der Waals surface area contributed by atoms with Crippen LogP contribution < -0.4 is 20.7 Å². The van der Waals surface area contributed by atoms with Crippen LogP contribution in [0.4, 0.5) is 18.9 Å². The average Bonchev–Trinajstić information content (AvgIpc) is 2.40. The molecule has 110 valence electrons. The Morgan fingerprint density at radius 3 is 2.50 bits per heavy atom. The molecule has 0 radical (unpaired) electrons. The summed E-state index contributed by atoms with van der Waals surface area (Å²) in [6.07, 6.45) is -4.72. The van der Waals surface area contributed by atoms with E-state index < -0.39 is 6.36 Å². The fraction of sp³-hybridized carbons (Fsp3) is 0.417. The Hall–Kier alpha value is -1.80. The van der Waals surface area contributed by atoms with Crippen molar-refractivity contribution in [2.24, 2.45) is 0 Å². The maximum absolute atomic E-state index is 12.0. The van der Waals surface area contributed by atoms with Crippen LogP contribution in [0.5, 0.6) is 5.75 Å². The van der Waals surface area contributed by atoms with Crippen LogP contribution >= 0.6 is 0 Å². The minimum atomic E-state index is -4.72. The number of alkyl halides is 3. The summed E-state index contributed by atoms with van der Waals surface area (Å²) in [5.74, 6) is -0.561. The highest BCUT2D eigenvalue weighted by Crippen LogP contribution is 2.23. The number of anilines is 1. The van der Waals surface area contributed by atoms with Crippen LogP contribution in [0.15, 0.2) is 24.3 Å². The molecule has 1 atom stereocenters. The zero-order valence-corrected chi connectivity index (χ0v) is 10.5. The van der Waals surface area contributed by atoms with E-state index in [1.54, 1.807) is 0 Å². The Balaban J connectivity index is 1.91. The first-order chi connectivity index (χ1) is 9.44. The Morgan fingerprint density at radius 2 is 1.95 bits per heavy atom. The van der Waals surface area contributed by atoms with Crippen molar-refractivity contribution in [2.45, 2.75) is 12.4 Å². The molecule has 1 fully saturated rings. The molecule has 0 bridgehead atoms. The predicted molar refractivity (Wildman–Crippen MR) is 66.4 cm³/mol. The SMILES string of the molecule is O=C(Nc1ccc(OC(F)(F)F)cc1)C1CNCCN1. The van der Waals surface area contributed by atoms with Crippen LogP contribution in [0.3, 0.4) is 0 Å². The van der Waals surface area contributed by atoms with E-state index in [0.29, 0.717) is 18.8 Å². The van der Waals surface area contributed by atoms with E-state index in [2.05, 4.69) is 20.7 Å². The van der Waals surface area contributed by atoms with E-state index in [4.69, 9.17) is 0 Å². The molecular weight excluding hydrogens is 275 g/mol. The number of piperazine rings is 1. The van der Waals surface area contributed by atoms with Gasteiger partial charge in [-0.15, -0.1) is 13.2 Å². The number of hydrogen-bond donors (Lipinski definition) is 3. The molecule has 1 aromatic carbocycles. The molecule has 20 heavy (non-hydrogen) atoms. The van der Waals surface area contributed by atoms with Crippen LogP contribution in [0.25, 0.3) is 0 Å². The molecule has 1 aliphatic heterocycles. The van der Waals surface area contributed by atoms with E-state index in [-0.39, 0.29) is 17.7 Å². The summed E-state index contributed by atoms with van der Waals surface area (Å²) in [7, 11) is 0. The van der Waals surface area contributed by atoms with E-state index in [0.717, 1.165) is 18.7 Å². The number of carbonyl (C=O) groups is 1. The third-order valence-electron chi connectivity index (χ3n) is 2.71. The van der Waals surface area contributed by atoms with Crippen molar-refractivity contribution < 1.29 is 22.7 Å². The topological polar surface area (TPSA) is 62.4 Å².